The molecule has 0 unspecified atom stereocenters. The van der Waals surface area contributed by atoms with Gasteiger partial charge < -0.3 is 9.80 Å². The average Bonchev–Trinajstić information content (AvgIpc) is 2.52. The van der Waals surface area contributed by atoms with Gasteiger partial charge in [-0.15, -0.1) is 0 Å². The summed E-state index contributed by atoms with van der Waals surface area (Å²) in [5.74, 6) is 0.629. The Morgan fingerprint density at radius 1 is 1.32 bits per heavy atom. The van der Waals surface area contributed by atoms with Crippen molar-refractivity contribution in [2.24, 2.45) is 5.41 Å². The molecule has 2 rings (SSSR count). The quantitative estimate of drug-likeness (QED) is 0.833. The van der Waals surface area contributed by atoms with E-state index in [0.29, 0.717) is 31.1 Å². The van der Waals surface area contributed by atoms with Crippen LogP contribution in [0.15, 0.2) is 6.07 Å². The zero-order valence-corrected chi connectivity index (χ0v) is 15.7. The summed E-state index contributed by atoms with van der Waals surface area (Å²) >= 11 is 0. The first-order valence-electron chi connectivity index (χ1n) is 8.45. The molecule has 0 spiro atoms. The van der Waals surface area contributed by atoms with Crippen LogP contribution >= 0.6 is 0 Å². The van der Waals surface area contributed by atoms with Crippen LogP contribution in [0.3, 0.4) is 0 Å². The third-order valence-corrected chi connectivity index (χ3v) is 3.87. The maximum absolute atomic E-state index is 12.7. The fourth-order valence-corrected chi connectivity index (χ4v) is 2.59. The first-order chi connectivity index (χ1) is 11.7. The molecule has 136 valence electrons. The largest absolute Gasteiger partial charge is 0.336 e. The smallest absolute Gasteiger partial charge is 0.321 e. The highest BCUT2D eigenvalue weighted by Crippen LogP contribution is 2.19. The van der Waals surface area contributed by atoms with Crippen LogP contribution in [0.5, 0.6) is 0 Å². The van der Waals surface area contributed by atoms with Gasteiger partial charge >= 0.3 is 6.03 Å². The minimum atomic E-state index is -0.146. The summed E-state index contributed by atoms with van der Waals surface area (Å²) < 4.78 is 0. The second kappa shape index (κ2) is 7.66. The number of hydrazine groups is 1. The highest BCUT2D eigenvalue weighted by atomic mass is 16.2. The third-order valence-electron chi connectivity index (χ3n) is 3.87. The standard InChI is InChI=1S/C17H27N7O/c1-13-10-15(20-14(11-18)19-13)24(12-17(2,3)4)21-16(25)23-8-6-22(5)7-9-23/h10H,6-9,12H2,1-5H3,(H,21,25). The van der Waals surface area contributed by atoms with Crippen LogP contribution in [0.2, 0.25) is 0 Å². The lowest BCUT2D eigenvalue weighted by Crippen LogP contribution is -2.56. The zero-order chi connectivity index (χ0) is 18.6. The van der Waals surface area contributed by atoms with Crippen LogP contribution in [0.1, 0.15) is 32.3 Å². The van der Waals surface area contributed by atoms with E-state index in [1.165, 1.54) is 0 Å². The van der Waals surface area contributed by atoms with Crippen LogP contribution in [-0.2, 0) is 0 Å². The number of amides is 2. The molecule has 0 bridgehead atoms. The molecule has 25 heavy (non-hydrogen) atoms. The van der Waals surface area contributed by atoms with Crippen LogP contribution in [0.4, 0.5) is 10.6 Å². The van der Waals surface area contributed by atoms with Crippen molar-refractivity contribution in [1.82, 2.24) is 25.2 Å². The van der Waals surface area contributed by atoms with Gasteiger partial charge in [0.25, 0.3) is 0 Å². The minimum Gasteiger partial charge on any atom is -0.321 e. The molecular formula is C17H27N7O. The lowest BCUT2D eigenvalue weighted by Gasteiger charge is -2.36. The van der Waals surface area contributed by atoms with Gasteiger partial charge in [-0.05, 0) is 19.4 Å². The van der Waals surface area contributed by atoms with Gasteiger partial charge in [-0.25, -0.2) is 15.2 Å². The van der Waals surface area contributed by atoms with Gasteiger partial charge in [0.1, 0.15) is 6.07 Å². The van der Waals surface area contributed by atoms with Gasteiger partial charge in [-0.3, -0.25) is 5.01 Å². The van der Waals surface area contributed by atoms with Crippen molar-refractivity contribution in [3.8, 4) is 6.07 Å². The number of likely N-dealkylation sites (N-methyl/N-ethyl adjacent to an activating group) is 1. The Balaban J connectivity index is 2.20. The van der Waals surface area contributed by atoms with E-state index < -0.39 is 0 Å². The third kappa shape index (κ3) is 5.57. The van der Waals surface area contributed by atoms with E-state index >= 15 is 0 Å². The first-order valence-corrected chi connectivity index (χ1v) is 8.45. The maximum atomic E-state index is 12.7. The molecule has 8 nitrogen and oxygen atoms in total. The fourth-order valence-electron chi connectivity index (χ4n) is 2.59. The Labute approximate surface area is 149 Å². The summed E-state index contributed by atoms with van der Waals surface area (Å²) in [4.78, 5) is 25.0. The number of aryl methyl sites for hydroxylation is 1. The van der Waals surface area contributed by atoms with Gasteiger partial charge in [0.2, 0.25) is 5.82 Å². The summed E-state index contributed by atoms with van der Waals surface area (Å²) in [6.07, 6.45) is 0. The van der Waals surface area contributed by atoms with Gasteiger partial charge in [0.15, 0.2) is 5.82 Å². The van der Waals surface area contributed by atoms with Crippen molar-refractivity contribution in [2.75, 3.05) is 44.8 Å². The topological polar surface area (TPSA) is 88.4 Å². The number of anilines is 1. The van der Waals surface area contributed by atoms with Gasteiger partial charge in [0.05, 0.1) is 0 Å². The number of urea groups is 1. The number of hydrogen-bond acceptors (Lipinski definition) is 6. The number of hydrogen-bond donors (Lipinski definition) is 1. The minimum absolute atomic E-state index is 0.0684. The van der Waals surface area contributed by atoms with E-state index in [4.69, 9.17) is 5.26 Å². The van der Waals surface area contributed by atoms with E-state index in [-0.39, 0.29) is 17.3 Å². The number of carbonyl (C=O) groups is 1. The summed E-state index contributed by atoms with van der Waals surface area (Å²) in [6, 6.07) is 3.60. The molecule has 2 amide bonds. The van der Waals surface area contributed by atoms with Gasteiger partial charge in [-0.1, -0.05) is 20.8 Å². The normalized spacial score (nSPS) is 15.6. The number of aromatic nitrogens is 2. The van der Waals surface area contributed by atoms with Crippen molar-refractivity contribution in [1.29, 1.82) is 5.26 Å². The lowest BCUT2D eigenvalue weighted by atomic mass is 9.97. The molecule has 1 N–H and O–H groups in total. The van der Waals surface area contributed by atoms with E-state index in [9.17, 15) is 4.79 Å². The van der Waals surface area contributed by atoms with Crippen LogP contribution in [0, 0.1) is 23.7 Å². The molecular weight excluding hydrogens is 318 g/mol. The summed E-state index contributed by atoms with van der Waals surface area (Å²) in [7, 11) is 2.05. The molecule has 2 heterocycles. The summed E-state index contributed by atoms with van der Waals surface area (Å²) in [5, 5.41) is 10.8. The van der Waals surface area contributed by atoms with E-state index in [1.807, 2.05) is 20.0 Å². The second-order valence-electron chi connectivity index (χ2n) is 7.66. The Hall–Kier alpha value is -2.40. The predicted molar refractivity (Wildman–Crippen MR) is 95.9 cm³/mol. The van der Waals surface area contributed by atoms with Crippen LogP contribution < -0.4 is 10.4 Å². The molecule has 1 fully saturated rings. The number of rotatable bonds is 3. The van der Waals surface area contributed by atoms with Crippen molar-refractivity contribution in [3.63, 3.8) is 0 Å². The van der Waals surface area contributed by atoms with Crippen molar-refractivity contribution >= 4 is 11.8 Å². The SMILES string of the molecule is Cc1cc(N(CC(C)(C)C)NC(=O)N2CCN(C)CC2)nc(C#N)n1. The Kier molecular flexibility index (Phi) is 5.80. The fraction of sp³-hybridized carbons (Fsp3) is 0.647. The molecule has 1 saturated heterocycles. The molecule has 0 atom stereocenters. The molecule has 0 radical (unpaired) electrons. The van der Waals surface area contributed by atoms with E-state index in [0.717, 1.165) is 13.1 Å². The number of nitriles is 1. The van der Waals surface area contributed by atoms with Crippen molar-refractivity contribution in [3.05, 3.63) is 17.6 Å². The Bertz CT molecular complexity index is 654. The predicted octanol–water partition coefficient (Wildman–Crippen LogP) is 1.38. The molecule has 1 aromatic heterocycles. The number of nitrogens with zero attached hydrogens (tertiary/aromatic N) is 6. The second-order valence-corrected chi connectivity index (χ2v) is 7.66. The zero-order valence-electron chi connectivity index (χ0n) is 15.7. The molecule has 0 saturated carbocycles. The maximum Gasteiger partial charge on any atom is 0.336 e. The number of piperazine rings is 1. The molecule has 1 aliphatic heterocycles. The molecule has 1 aromatic rings. The van der Waals surface area contributed by atoms with Crippen molar-refractivity contribution in [2.45, 2.75) is 27.7 Å². The first kappa shape index (κ1) is 18.9. The molecule has 0 aliphatic carbocycles. The van der Waals surface area contributed by atoms with E-state index in [2.05, 4.69) is 41.1 Å². The van der Waals surface area contributed by atoms with Crippen molar-refractivity contribution < 1.29 is 4.79 Å². The monoisotopic (exact) mass is 345 g/mol. The van der Waals surface area contributed by atoms with Gasteiger partial charge in [-0.2, -0.15) is 10.2 Å². The molecule has 1 aliphatic rings. The van der Waals surface area contributed by atoms with Crippen LogP contribution in [-0.4, -0.2) is 65.6 Å². The van der Waals surface area contributed by atoms with E-state index in [1.54, 1.807) is 16.0 Å². The average molecular weight is 345 g/mol. The highest BCUT2D eigenvalue weighted by Gasteiger charge is 2.24. The lowest BCUT2D eigenvalue weighted by molar-refractivity contribution is 0.153. The van der Waals surface area contributed by atoms with Crippen LogP contribution in [0.25, 0.3) is 0 Å². The Morgan fingerprint density at radius 3 is 2.52 bits per heavy atom. The van der Waals surface area contributed by atoms with Gasteiger partial charge in [0, 0.05) is 44.5 Å². The highest BCUT2D eigenvalue weighted by molar-refractivity contribution is 5.76. The summed E-state index contributed by atoms with van der Waals surface area (Å²) in [5.41, 5.74) is 3.58. The summed E-state index contributed by atoms with van der Waals surface area (Å²) in [6.45, 7) is 11.7. The number of nitrogens with one attached hydrogen (secondary N) is 1. The molecule has 8 heteroatoms. The number of carbonyl (C=O) groups excluding carboxylic acids is 1. The molecule has 0 aromatic carbocycles. The Morgan fingerprint density at radius 2 is 1.96 bits per heavy atom.